The van der Waals surface area contributed by atoms with E-state index in [0.717, 1.165) is 32.0 Å². The van der Waals surface area contributed by atoms with Crippen molar-refractivity contribution in [2.75, 3.05) is 19.6 Å². The molecular formula is C14H23N3O2. The molecule has 5 nitrogen and oxygen atoms in total. The van der Waals surface area contributed by atoms with Crippen LogP contribution in [0.5, 0.6) is 0 Å². The largest absolute Gasteiger partial charge is 0.301 e. The molecule has 1 N–H and O–H groups in total. The van der Waals surface area contributed by atoms with E-state index >= 15 is 0 Å². The van der Waals surface area contributed by atoms with Crippen LogP contribution in [0.3, 0.4) is 0 Å². The molecule has 0 bridgehead atoms. The Hall–Kier alpha value is -0.940. The molecule has 0 aromatic carbocycles. The molecule has 3 fully saturated rings. The molecule has 0 aromatic heterocycles. The second-order valence-electron chi connectivity index (χ2n) is 6.02. The van der Waals surface area contributed by atoms with Gasteiger partial charge >= 0.3 is 0 Å². The van der Waals surface area contributed by atoms with Crippen molar-refractivity contribution in [3.8, 4) is 0 Å². The SMILES string of the molecule is CCCN1C(=O)CC(NC2CCN(C3CC3)C2)C1=O. The van der Waals surface area contributed by atoms with Gasteiger partial charge in [0.25, 0.3) is 0 Å². The van der Waals surface area contributed by atoms with Crippen molar-refractivity contribution < 1.29 is 9.59 Å². The molecule has 2 aliphatic heterocycles. The maximum absolute atomic E-state index is 12.2. The van der Waals surface area contributed by atoms with Gasteiger partial charge in [-0.25, -0.2) is 0 Å². The second kappa shape index (κ2) is 5.21. The molecule has 1 aliphatic carbocycles. The molecule has 3 rings (SSSR count). The number of imide groups is 1. The number of likely N-dealkylation sites (tertiary alicyclic amines) is 2. The van der Waals surface area contributed by atoms with Gasteiger partial charge in [-0.1, -0.05) is 6.92 Å². The molecule has 5 heteroatoms. The Morgan fingerprint density at radius 2 is 2.05 bits per heavy atom. The van der Waals surface area contributed by atoms with E-state index in [4.69, 9.17) is 0 Å². The summed E-state index contributed by atoms with van der Waals surface area (Å²) in [5.74, 6) is -0.0295. The first-order valence-corrected chi connectivity index (χ1v) is 7.53. The van der Waals surface area contributed by atoms with Gasteiger partial charge in [-0.2, -0.15) is 0 Å². The van der Waals surface area contributed by atoms with Crippen LogP contribution in [-0.2, 0) is 9.59 Å². The molecule has 0 radical (unpaired) electrons. The fourth-order valence-electron chi connectivity index (χ4n) is 3.25. The van der Waals surface area contributed by atoms with Crippen molar-refractivity contribution in [1.82, 2.24) is 15.1 Å². The Balaban J connectivity index is 1.53. The van der Waals surface area contributed by atoms with Crippen LogP contribution in [0, 0.1) is 0 Å². The normalized spacial score (nSPS) is 32.6. The second-order valence-corrected chi connectivity index (χ2v) is 6.02. The average molecular weight is 265 g/mol. The number of amides is 2. The standard InChI is InChI=1S/C14H23N3O2/c1-2-6-17-13(18)8-12(14(17)19)15-10-5-7-16(9-10)11-3-4-11/h10-12,15H,2-9H2,1H3. The Kier molecular flexibility index (Phi) is 3.58. The molecular weight excluding hydrogens is 242 g/mol. The van der Waals surface area contributed by atoms with Gasteiger partial charge in [-0.3, -0.25) is 19.4 Å². The first-order chi connectivity index (χ1) is 9.19. The summed E-state index contributed by atoms with van der Waals surface area (Å²) in [4.78, 5) is 27.9. The highest BCUT2D eigenvalue weighted by molar-refractivity contribution is 6.05. The van der Waals surface area contributed by atoms with Crippen LogP contribution in [0.25, 0.3) is 0 Å². The third-order valence-electron chi connectivity index (χ3n) is 4.41. The van der Waals surface area contributed by atoms with Gasteiger partial charge in [0, 0.05) is 31.7 Å². The number of carbonyl (C=O) groups excluding carboxylic acids is 2. The molecule has 0 aromatic rings. The number of nitrogens with one attached hydrogen (secondary N) is 1. The lowest BCUT2D eigenvalue weighted by Crippen LogP contribution is -2.45. The van der Waals surface area contributed by atoms with Crippen molar-refractivity contribution in [3.05, 3.63) is 0 Å². The fraction of sp³-hybridized carbons (Fsp3) is 0.857. The topological polar surface area (TPSA) is 52.7 Å². The van der Waals surface area contributed by atoms with Crippen molar-refractivity contribution in [2.45, 2.75) is 57.2 Å². The highest BCUT2D eigenvalue weighted by atomic mass is 16.2. The smallest absolute Gasteiger partial charge is 0.246 e. The van der Waals surface area contributed by atoms with Crippen LogP contribution in [0.1, 0.15) is 39.0 Å². The van der Waals surface area contributed by atoms with Gasteiger partial charge < -0.3 is 5.32 Å². The van der Waals surface area contributed by atoms with Gasteiger partial charge in [0.05, 0.1) is 12.5 Å². The van der Waals surface area contributed by atoms with Crippen molar-refractivity contribution >= 4 is 11.8 Å². The van der Waals surface area contributed by atoms with Crippen LogP contribution >= 0.6 is 0 Å². The minimum absolute atomic E-state index is 0.0126. The molecule has 2 heterocycles. The predicted molar refractivity (Wildman–Crippen MR) is 71.6 cm³/mol. The van der Waals surface area contributed by atoms with Crippen molar-refractivity contribution in [3.63, 3.8) is 0 Å². The van der Waals surface area contributed by atoms with Crippen molar-refractivity contribution in [1.29, 1.82) is 0 Å². The van der Waals surface area contributed by atoms with E-state index in [0.29, 0.717) is 19.0 Å². The summed E-state index contributed by atoms with van der Waals surface area (Å²) >= 11 is 0. The van der Waals surface area contributed by atoms with Crippen LogP contribution in [-0.4, -0.2) is 59.4 Å². The number of nitrogens with zero attached hydrogens (tertiary/aromatic N) is 2. The quantitative estimate of drug-likeness (QED) is 0.729. The predicted octanol–water partition coefficient (Wildman–Crippen LogP) is 0.350. The monoisotopic (exact) mass is 265 g/mol. The summed E-state index contributed by atoms with van der Waals surface area (Å²) in [6.45, 7) is 4.73. The molecule has 0 spiro atoms. The van der Waals surface area contributed by atoms with Crippen LogP contribution in [0.2, 0.25) is 0 Å². The Morgan fingerprint density at radius 3 is 2.74 bits per heavy atom. The molecule has 2 saturated heterocycles. The molecule has 2 atom stereocenters. The van der Waals surface area contributed by atoms with E-state index in [1.54, 1.807) is 0 Å². The van der Waals surface area contributed by atoms with E-state index in [1.165, 1.54) is 17.7 Å². The van der Waals surface area contributed by atoms with E-state index in [2.05, 4.69) is 10.2 Å². The van der Waals surface area contributed by atoms with Gasteiger partial charge in [-0.15, -0.1) is 0 Å². The fourth-order valence-corrected chi connectivity index (χ4v) is 3.25. The van der Waals surface area contributed by atoms with Crippen LogP contribution in [0.15, 0.2) is 0 Å². The third kappa shape index (κ3) is 2.67. The van der Waals surface area contributed by atoms with E-state index < -0.39 is 0 Å². The lowest BCUT2D eigenvalue weighted by Gasteiger charge is -2.19. The zero-order valence-corrected chi connectivity index (χ0v) is 11.6. The summed E-state index contributed by atoms with van der Waals surface area (Å²) < 4.78 is 0. The number of hydrogen-bond donors (Lipinski definition) is 1. The van der Waals surface area contributed by atoms with Gasteiger partial charge in [0.1, 0.15) is 0 Å². The summed E-state index contributed by atoms with van der Waals surface area (Å²) in [5.41, 5.74) is 0. The summed E-state index contributed by atoms with van der Waals surface area (Å²) in [7, 11) is 0. The van der Waals surface area contributed by atoms with Crippen molar-refractivity contribution in [2.24, 2.45) is 0 Å². The van der Waals surface area contributed by atoms with E-state index in [1.807, 2.05) is 6.92 Å². The molecule has 19 heavy (non-hydrogen) atoms. The van der Waals surface area contributed by atoms with Crippen LogP contribution in [0.4, 0.5) is 0 Å². The maximum Gasteiger partial charge on any atom is 0.246 e. The minimum Gasteiger partial charge on any atom is -0.301 e. The first kappa shape index (κ1) is 13.1. The molecule has 2 amide bonds. The Morgan fingerprint density at radius 1 is 1.26 bits per heavy atom. The van der Waals surface area contributed by atoms with E-state index in [-0.39, 0.29) is 17.9 Å². The lowest BCUT2D eigenvalue weighted by atomic mass is 10.2. The summed E-state index contributed by atoms with van der Waals surface area (Å²) in [6, 6.07) is 0.899. The number of rotatable bonds is 5. The summed E-state index contributed by atoms with van der Waals surface area (Å²) in [5, 5.41) is 3.41. The van der Waals surface area contributed by atoms with Gasteiger partial charge in [0.2, 0.25) is 11.8 Å². The molecule has 3 aliphatic rings. The van der Waals surface area contributed by atoms with E-state index in [9.17, 15) is 9.59 Å². The Labute approximate surface area is 114 Å². The molecule has 106 valence electrons. The number of hydrogen-bond acceptors (Lipinski definition) is 4. The third-order valence-corrected chi connectivity index (χ3v) is 4.41. The highest BCUT2D eigenvalue weighted by Crippen LogP contribution is 2.30. The maximum atomic E-state index is 12.2. The zero-order valence-electron chi connectivity index (χ0n) is 11.6. The lowest BCUT2D eigenvalue weighted by molar-refractivity contribution is -0.138. The molecule has 2 unspecified atom stereocenters. The summed E-state index contributed by atoms with van der Waals surface area (Å²) in [6.07, 6.45) is 4.94. The van der Waals surface area contributed by atoms with Gasteiger partial charge in [-0.05, 0) is 25.7 Å². The van der Waals surface area contributed by atoms with Gasteiger partial charge in [0.15, 0.2) is 0 Å². The average Bonchev–Trinajstić information content (AvgIpc) is 3.09. The Bertz CT molecular complexity index is 381. The molecule has 1 saturated carbocycles. The first-order valence-electron chi connectivity index (χ1n) is 7.53. The zero-order chi connectivity index (χ0) is 13.4. The minimum atomic E-state index is -0.275. The number of carbonyl (C=O) groups is 2. The highest BCUT2D eigenvalue weighted by Gasteiger charge is 2.41. The van der Waals surface area contributed by atoms with Crippen LogP contribution < -0.4 is 5.32 Å².